The summed E-state index contributed by atoms with van der Waals surface area (Å²) in [4.78, 5) is 35.7. The molecule has 10 heteroatoms. The summed E-state index contributed by atoms with van der Waals surface area (Å²) in [5, 5.41) is 0.324. The van der Waals surface area contributed by atoms with E-state index in [2.05, 4.69) is 9.97 Å². The fourth-order valence-corrected chi connectivity index (χ4v) is 3.50. The zero-order chi connectivity index (χ0) is 21.9. The number of nitrogens with zero attached hydrogens (tertiary/aromatic N) is 4. The van der Waals surface area contributed by atoms with Crippen molar-refractivity contribution in [2.24, 2.45) is 0 Å². The molecule has 3 heterocycles. The van der Waals surface area contributed by atoms with E-state index in [1.54, 1.807) is 12.1 Å². The van der Waals surface area contributed by atoms with E-state index < -0.39 is 17.9 Å². The molecule has 0 bridgehead atoms. The summed E-state index contributed by atoms with van der Waals surface area (Å²) in [5.74, 6) is -0.166. The number of rotatable bonds is 7. The maximum absolute atomic E-state index is 12.9. The van der Waals surface area contributed by atoms with Crippen molar-refractivity contribution in [3.63, 3.8) is 0 Å². The molecule has 0 saturated carbocycles. The lowest BCUT2D eigenvalue weighted by Gasteiger charge is -2.22. The quantitative estimate of drug-likeness (QED) is 0.599. The van der Waals surface area contributed by atoms with Crippen LogP contribution in [-0.4, -0.2) is 45.8 Å². The zero-order valence-corrected chi connectivity index (χ0v) is 17.0. The van der Waals surface area contributed by atoms with Crippen LogP contribution in [0.5, 0.6) is 0 Å². The first-order valence-electron chi connectivity index (χ1n) is 9.42. The summed E-state index contributed by atoms with van der Waals surface area (Å²) in [6, 6.07) is 4.72. The SMILES string of the molecule is CCC[C@H]1CN(c2ccc(C(F)(F)F)nc2)C(=O)N1CC(=O)Cc1ccc(Cl)nc1. The third-order valence-corrected chi connectivity index (χ3v) is 5.04. The standard InChI is InChI=1S/C20H20ClF3N4O2/c1-2-3-15-11-27(14-5-6-17(25-10-14)20(22,23)24)19(30)28(15)12-16(29)8-13-4-7-18(21)26-9-13/h4-7,9-10,15H,2-3,8,11-12H2,1H3/t15-/m0/s1. The van der Waals surface area contributed by atoms with Gasteiger partial charge >= 0.3 is 12.2 Å². The Balaban J connectivity index is 1.73. The third kappa shape index (κ3) is 5.08. The number of amides is 2. The van der Waals surface area contributed by atoms with E-state index in [1.807, 2.05) is 6.92 Å². The second kappa shape index (κ2) is 8.99. The first kappa shape index (κ1) is 22.0. The van der Waals surface area contributed by atoms with E-state index in [-0.39, 0.29) is 37.0 Å². The van der Waals surface area contributed by atoms with Gasteiger partial charge in [-0.15, -0.1) is 0 Å². The highest BCUT2D eigenvalue weighted by molar-refractivity contribution is 6.29. The second-order valence-corrected chi connectivity index (χ2v) is 7.45. The summed E-state index contributed by atoms with van der Waals surface area (Å²) < 4.78 is 38.2. The maximum Gasteiger partial charge on any atom is 0.433 e. The Kier molecular flexibility index (Phi) is 6.60. The lowest BCUT2D eigenvalue weighted by atomic mass is 10.1. The molecule has 1 aliphatic rings. The molecule has 1 atom stereocenters. The van der Waals surface area contributed by atoms with Crippen LogP contribution in [0.2, 0.25) is 5.15 Å². The van der Waals surface area contributed by atoms with Gasteiger partial charge in [-0.25, -0.2) is 14.8 Å². The topological polar surface area (TPSA) is 66.4 Å². The van der Waals surface area contributed by atoms with Crippen LogP contribution in [0.15, 0.2) is 36.7 Å². The van der Waals surface area contributed by atoms with Crippen molar-refractivity contribution in [1.29, 1.82) is 0 Å². The molecule has 0 aliphatic carbocycles. The fraction of sp³-hybridized carbons (Fsp3) is 0.400. The maximum atomic E-state index is 12.9. The highest BCUT2D eigenvalue weighted by atomic mass is 35.5. The first-order chi connectivity index (χ1) is 14.2. The van der Waals surface area contributed by atoms with Crippen LogP contribution in [0.4, 0.5) is 23.7 Å². The number of carbonyl (C=O) groups excluding carboxylic acids is 2. The van der Waals surface area contributed by atoms with Crippen LogP contribution in [-0.2, 0) is 17.4 Å². The molecular weight excluding hydrogens is 421 g/mol. The van der Waals surface area contributed by atoms with Gasteiger partial charge in [0.1, 0.15) is 10.8 Å². The zero-order valence-electron chi connectivity index (χ0n) is 16.2. The van der Waals surface area contributed by atoms with Crippen molar-refractivity contribution in [3.05, 3.63) is 53.1 Å². The predicted molar refractivity (Wildman–Crippen MR) is 105 cm³/mol. The Morgan fingerprint density at radius 1 is 1.20 bits per heavy atom. The summed E-state index contributed by atoms with van der Waals surface area (Å²) in [5.41, 5.74) is -0.0653. The van der Waals surface area contributed by atoms with Crippen molar-refractivity contribution < 1.29 is 22.8 Å². The van der Waals surface area contributed by atoms with E-state index in [0.29, 0.717) is 17.1 Å². The summed E-state index contributed by atoms with van der Waals surface area (Å²) in [6.45, 7) is 2.17. The van der Waals surface area contributed by atoms with Crippen LogP contribution in [0, 0.1) is 0 Å². The largest absolute Gasteiger partial charge is 0.433 e. The summed E-state index contributed by atoms with van der Waals surface area (Å²) in [6.07, 6.45) is -0.430. The molecule has 0 unspecified atom stereocenters. The normalized spacial score (nSPS) is 17.0. The molecule has 3 rings (SSSR count). The number of anilines is 1. The molecule has 6 nitrogen and oxygen atoms in total. The number of aromatic nitrogens is 2. The van der Waals surface area contributed by atoms with Crippen molar-refractivity contribution in [2.45, 2.75) is 38.4 Å². The van der Waals surface area contributed by atoms with Gasteiger partial charge in [0.25, 0.3) is 0 Å². The molecule has 0 aromatic carbocycles. The van der Waals surface area contributed by atoms with Gasteiger partial charge < -0.3 is 4.90 Å². The third-order valence-electron chi connectivity index (χ3n) is 4.82. The van der Waals surface area contributed by atoms with Gasteiger partial charge in [0.15, 0.2) is 5.78 Å². The van der Waals surface area contributed by atoms with Gasteiger partial charge in [-0.3, -0.25) is 9.69 Å². The Labute approximate surface area is 176 Å². The first-order valence-corrected chi connectivity index (χ1v) is 9.80. The summed E-state index contributed by atoms with van der Waals surface area (Å²) >= 11 is 5.75. The van der Waals surface area contributed by atoms with E-state index in [9.17, 15) is 22.8 Å². The minimum Gasteiger partial charge on any atom is -0.312 e. The molecule has 1 aliphatic heterocycles. The van der Waals surface area contributed by atoms with Gasteiger partial charge in [-0.1, -0.05) is 31.0 Å². The number of Topliss-reactive ketones (excluding diaryl/α,β-unsaturated/α-hetero) is 1. The molecule has 2 amide bonds. The van der Waals surface area contributed by atoms with Crippen LogP contribution in [0.1, 0.15) is 31.0 Å². The highest BCUT2D eigenvalue weighted by Crippen LogP contribution is 2.30. The smallest absolute Gasteiger partial charge is 0.312 e. The molecule has 0 radical (unpaired) electrons. The predicted octanol–water partition coefficient (Wildman–Crippen LogP) is 4.37. The van der Waals surface area contributed by atoms with Crippen LogP contribution in [0.25, 0.3) is 0 Å². The van der Waals surface area contributed by atoms with Gasteiger partial charge in [-0.05, 0) is 30.2 Å². The molecular formula is C20H20ClF3N4O2. The summed E-state index contributed by atoms with van der Waals surface area (Å²) in [7, 11) is 0. The molecule has 160 valence electrons. The van der Waals surface area contributed by atoms with Crippen molar-refractivity contribution in [1.82, 2.24) is 14.9 Å². The van der Waals surface area contributed by atoms with Gasteiger partial charge in [0.05, 0.1) is 24.5 Å². The lowest BCUT2D eigenvalue weighted by molar-refractivity contribution is -0.141. The number of halogens is 4. The van der Waals surface area contributed by atoms with E-state index in [1.165, 1.54) is 22.1 Å². The average Bonchev–Trinajstić information content (AvgIpc) is 2.99. The highest BCUT2D eigenvalue weighted by Gasteiger charge is 2.39. The van der Waals surface area contributed by atoms with Crippen molar-refractivity contribution >= 4 is 29.1 Å². The number of urea groups is 1. The number of hydrogen-bond donors (Lipinski definition) is 0. The van der Waals surface area contributed by atoms with Crippen LogP contribution < -0.4 is 4.90 Å². The van der Waals surface area contributed by atoms with Crippen LogP contribution >= 0.6 is 11.6 Å². The molecule has 1 saturated heterocycles. The monoisotopic (exact) mass is 440 g/mol. The Morgan fingerprint density at radius 2 is 1.97 bits per heavy atom. The van der Waals surface area contributed by atoms with Gasteiger partial charge in [0.2, 0.25) is 0 Å². The minimum absolute atomic E-state index is 0.0866. The Morgan fingerprint density at radius 3 is 2.53 bits per heavy atom. The van der Waals surface area contributed by atoms with E-state index in [4.69, 9.17) is 11.6 Å². The molecule has 2 aromatic heterocycles. The Hall–Kier alpha value is -2.68. The molecule has 2 aromatic rings. The van der Waals surface area contributed by atoms with Crippen molar-refractivity contribution in [2.75, 3.05) is 18.0 Å². The molecule has 30 heavy (non-hydrogen) atoms. The number of pyridine rings is 2. The molecule has 0 N–H and O–H groups in total. The Bertz CT molecular complexity index is 904. The fourth-order valence-electron chi connectivity index (χ4n) is 3.39. The van der Waals surface area contributed by atoms with Crippen LogP contribution in [0.3, 0.4) is 0 Å². The van der Waals surface area contributed by atoms with Gasteiger partial charge in [0, 0.05) is 19.2 Å². The van der Waals surface area contributed by atoms with Crippen molar-refractivity contribution in [3.8, 4) is 0 Å². The van der Waals surface area contributed by atoms with Gasteiger partial charge in [-0.2, -0.15) is 13.2 Å². The number of ketones is 1. The number of alkyl halides is 3. The average molecular weight is 441 g/mol. The lowest BCUT2D eigenvalue weighted by Crippen LogP contribution is -2.39. The van der Waals surface area contributed by atoms with E-state index in [0.717, 1.165) is 18.7 Å². The molecule has 0 spiro atoms. The second-order valence-electron chi connectivity index (χ2n) is 7.07. The number of carbonyl (C=O) groups is 2. The van der Waals surface area contributed by atoms with E-state index >= 15 is 0 Å². The minimum atomic E-state index is -4.55. The number of hydrogen-bond acceptors (Lipinski definition) is 4. The molecule has 1 fully saturated rings.